The lowest BCUT2D eigenvalue weighted by atomic mass is 10.0. The van der Waals surface area contributed by atoms with Crippen molar-refractivity contribution in [2.75, 3.05) is 32.9 Å². The molecule has 1 aromatic carbocycles. The van der Waals surface area contributed by atoms with E-state index in [9.17, 15) is 8.78 Å². The second-order valence-corrected chi connectivity index (χ2v) is 5.27. The van der Waals surface area contributed by atoms with Crippen LogP contribution in [0.1, 0.15) is 18.0 Å². The van der Waals surface area contributed by atoms with E-state index in [1.54, 1.807) is 6.07 Å². The SMILES string of the molecule is Cl.FCC[C@H](c1c(F)cccc1Br)N1CCNCC1. The molecule has 2 rings (SSSR count). The third kappa shape index (κ3) is 4.12. The Hall–Kier alpha value is -0.230. The van der Waals surface area contributed by atoms with Crippen molar-refractivity contribution in [3.63, 3.8) is 0 Å². The van der Waals surface area contributed by atoms with Gasteiger partial charge in [0.25, 0.3) is 0 Å². The van der Waals surface area contributed by atoms with Crippen molar-refractivity contribution in [3.05, 3.63) is 34.1 Å². The third-order valence-corrected chi connectivity index (χ3v) is 4.00. The molecule has 2 nitrogen and oxygen atoms in total. The fourth-order valence-corrected chi connectivity index (χ4v) is 3.04. The summed E-state index contributed by atoms with van der Waals surface area (Å²) in [5.41, 5.74) is 0.581. The number of rotatable bonds is 4. The van der Waals surface area contributed by atoms with Gasteiger partial charge in [-0.05, 0) is 18.6 Å². The van der Waals surface area contributed by atoms with E-state index in [1.165, 1.54) is 6.07 Å². The lowest BCUT2D eigenvalue weighted by Gasteiger charge is -2.35. The fraction of sp³-hybridized carbons (Fsp3) is 0.538. The monoisotopic (exact) mass is 354 g/mol. The molecule has 1 aliphatic rings. The van der Waals surface area contributed by atoms with Gasteiger partial charge in [-0.1, -0.05) is 22.0 Å². The molecule has 1 aliphatic heterocycles. The molecule has 1 fully saturated rings. The minimum absolute atomic E-state index is 0. The van der Waals surface area contributed by atoms with Gasteiger partial charge in [0.15, 0.2) is 0 Å². The number of nitrogens with one attached hydrogen (secondary N) is 1. The van der Waals surface area contributed by atoms with Crippen molar-refractivity contribution in [1.82, 2.24) is 10.2 Å². The van der Waals surface area contributed by atoms with Crippen LogP contribution in [0.15, 0.2) is 22.7 Å². The Bertz CT molecular complexity index is 380. The molecule has 6 heteroatoms. The Morgan fingerprint density at radius 3 is 2.58 bits per heavy atom. The molecule has 0 saturated carbocycles. The number of piperazine rings is 1. The fourth-order valence-electron chi connectivity index (χ4n) is 2.44. The molecule has 0 radical (unpaired) electrons. The van der Waals surface area contributed by atoms with Crippen LogP contribution in [0.4, 0.5) is 8.78 Å². The van der Waals surface area contributed by atoms with E-state index in [2.05, 4.69) is 26.1 Å². The Labute approximate surface area is 127 Å². The zero-order valence-electron chi connectivity index (χ0n) is 10.5. The molecule has 1 N–H and O–H groups in total. The van der Waals surface area contributed by atoms with Crippen LogP contribution < -0.4 is 5.32 Å². The maximum absolute atomic E-state index is 14.0. The quantitative estimate of drug-likeness (QED) is 0.891. The van der Waals surface area contributed by atoms with Gasteiger partial charge in [-0.2, -0.15) is 0 Å². The summed E-state index contributed by atoms with van der Waals surface area (Å²) < 4.78 is 27.5. The molecule has 0 spiro atoms. The first-order chi connectivity index (χ1) is 8.74. The summed E-state index contributed by atoms with van der Waals surface area (Å²) in [5, 5.41) is 3.25. The topological polar surface area (TPSA) is 15.3 Å². The van der Waals surface area contributed by atoms with E-state index in [-0.39, 0.29) is 24.3 Å². The van der Waals surface area contributed by atoms with Crippen LogP contribution >= 0.6 is 28.3 Å². The van der Waals surface area contributed by atoms with Crippen LogP contribution in [0.5, 0.6) is 0 Å². The van der Waals surface area contributed by atoms with E-state index < -0.39 is 6.67 Å². The molecular formula is C13H18BrClF2N2. The average Bonchev–Trinajstić information content (AvgIpc) is 2.38. The first kappa shape index (κ1) is 16.8. The number of nitrogens with zero attached hydrogens (tertiary/aromatic N) is 1. The van der Waals surface area contributed by atoms with Crippen molar-refractivity contribution < 1.29 is 8.78 Å². The van der Waals surface area contributed by atoms with Gasteiger partial charge < -0.3 is 5.32 Å². The Morgan fingerprint density at radius 2 is 2.00 bits per heavy atom. The summed E-state index contributed by atoms with van der Waals surface area (Å²) in [7, 11) is 0. The lowest BCUT2D eigenvalue weighted by molar-refractivity contribution is 0.154. The van der Waals surface area contributed by atoms with Crippen LogP contribution in [0.2, 0.25) is 0 Å². The summed E-state index contributed by atoms with van der Waals surface area (Å²) in [6.07, 6.45) is 0.333. The smallest absolute Gasteiger partial charge is 0.129 e. The molecule has 1 aromatic rings. The average molecular weight is 356 g/mol. The van der Waals surface area contributed by atoms with Gasteiger partial charge >= 0.3 is 0 Å². The first-order valence-corrected chi connectivity index (χ1v) is 6.98. The summed E-state index contributed by atoms with van der Waals surface area (Å²) in [6.45, 7) is 2.95. The number of hydrogen-bond donors (Lipinski definition) is 1. The molecular weight excluding hydrogens is 338 g/mol. The molecule has 0 amide bonds. The van der Waals surface area contributed by atoms with Crippen molar-refractivity contribution in [1.29, 1.82) is 0 Å². The zero-order valence-corrected chi connectivity index (χ0v) is 12.9. The van der Waals surface area contributed by atoms with Gasteiger partial charge in [0.05, 0.1) is 6.67 Å². The Kier molecular flexibility index (Phi) is 7.21. The summed E-state index contributed by atoms with van der Waals surface area (Å²) in [6, 6.07) is 4.72. The van der Waals surface area contributed by atoms with E-state index in [0.29, 0.717) is 12.0 Å². The molecule has 0 bridgehead atoms. The summed E-state index contributed by atoms with van der Waals surface area (Å²) >= 11 is 3.38. The minimum atomic E-state index is -0.435. The standard InChI is InChI=1S/C13H17BrF2N2.ClH/c14-10-2-1-3-11(16)13(10)12(4-5-15)18-8-6-17-7-9-18;/h1-3,12,17H,4-9H2;1H/t12-;/m1./s1. The molecule has 1 atom stereocenters. The number of halogens is 4. The molecule has 0 aromatic heterocycles. The predicted octanol–water partition coefficient (Wildman–Crippen LogP) is 3.32. The minimum Gasteiger partial charge on any atom is -0.314 e. The Morgan fingerprint density at radius 1 is 1.32 bits per heavy atom. The second kappa shape index (κ2) is 8.15. The van der Waals surface area contributed by atoms with Gasteiger partial charge in [0, 0.05) is 42.3 Å². The maximum atomic E-state index is 14.0. The number of alkyl halides is 1. The third-order valence-electron chi connectivity index (χ3n) is 3.31. The predicted molar refractivity (Wildman–Crippen MR) is 79.1 cm³/mol. The second-order valence-electron chi connectivity index (χ2n) is 4.41. The highest BCUT2D eigenvalue weighted by atomic mass is 79.9. The van der Waals surface area contributed by atoms with Gasteiger partial charge in [-0.15, -0.1) is 12.4 Å². The normalized spacial score (nSPS) is 17.8. The highest BCUT2D eigenvalue weighted by Crippen LogP contribution is 2.32. The summed E-state index contributed by atoms with van der Waals surface area (Å²) in [4.78, 5) is 2.15. The molecule has 19 heavy (non-hydrogen) atoms. The van der Waals surface area contributed by atoms with Crippen LogP contribution in [0.25, 0.3) is 0 Å². The number of hydrogen-bond acceptors (Lipinski definition) is 2. The van der Waals surface area contributed by atoms with Crippen LogP contribution in [0.3, 0.4) is 0 Å². The van der Waals surface area contributed by atoms with E-state index in [1.807, 2.05) is 6.07 Å². The highest BCUT2D eigenvalue weighted by molar-refractivity contribution is 9.10. The summed E-state index contributed by atoms with van der Waals surface area (Å²) in [5.74, 6) is -0.263. The van der Waals surface area contributed by atoms with Gasteiger partial charge in [0.2, 0.25) is 0 Å². The van der Waals surface area contributed by atoms with Crippen molar-refractivity contribution in [3.8, 4) is 0 Å². The van der Waals surface area contributed by atoms with E-state index >= 15 is 0 Å². The highest BCUT2D eigenvalue weighted by Gasteiger charge is 2.26. The van der Waals surface area contributed by atoms with Gasteiger partial charge in [-0.3, -0.25) is 9.29 Å². The number of benzene rings is 1. The molecule has 1 heterocycles. The van der Waals surface area contributed by atoms with Crippen LogP contribution in [-0.2, 0) is 0 Å². The zero-order chi connectivity index (χ0) is 13.0. The molecule has 0 unspecified atom stereocenters. The molecule has 108 valence electrons. The van der Waals surface area contributed by atoms with Crippen molar-refractivity contribution in [2.24, 2.45) is 0 Å². The molecule has 0 aliphatic carbocycles. The molecule has 1 saturated heterocycles. The van der Waals surface area contributed by atoms with Crippen molar-refractivity contribution in [2.45, 2.75) is 12.5 Å². The van der Waals surface area contributed by atoms with Gasteiger partial charge in [-0.25, -0.2) is 4.39 Å². The van der Waals surface area contributed by atoms with Crippen molar-refractivity contribution >= 4 is 28.3 Å². The lowest BCUT2D eigenvalue weighted by Crippen LogP contribution is -2.45. The van der Waals surface area contributed by atoms with Crippen LogP contribution in [-0.4, -0.2) is 37.8 Å². The first-order valence-electron chi connectivity index (χ1n) is 6.18. The van der Waals surface area contributed by atoms with E-state index in [4.69, 9.17) is 0 Å². The van der Waals surface area contributed by atoms with Crippen LogP contribution in [0, 0.1) is 5.82 Å². The maximum Gasteiger partial charge on any atom is 0.129 e. The van der Waals surface area contributed by atoms with E-state index in [0.717, 1.165) is 30.7 Å². The Balaban J connectivity index is 0.00000180. The van der Waals surface area contributed by atoms with Gasteiger partial charge in [0.1, 0.15) is 5.82 Å². The largest absolute Gasteiger partial charge is 0.314 e.